The first-order chi connectivity index (χ1) is 15.6. The normalized spacial score (nSPS) is 17.8. The van der Waals surface area contributed by atoms with E-state index in [9.17, 15) is 9.59 Å². The summed E-state index contributed by atoms with van der Waals surface area (Å²) in [5.41, 5.74) is 9.58. The highest BCUT2D eigenvalue weighted by Gasteiger charge is 2.34. The van der Waals surface area contributed by atoms with Crippen molar-refractivity contribution < 1.29 is 14.3 Å². The van der Waals surface area contributed by atoms with Crippen molar-refractivity contribution in [3.05, 3.63) is 102 Å². The molecule has 4 rings (SSSR count). The lowest BCUT2D eigenvalue weighted by Gasteiger charge is -2.19. The standard InChI is InChI=1S/C26H27N3O3/c27-23-16-22(23)20-11-13-21(14-12-20)28-25(30)24(15-18-7-3-1-4-8-18)29-26(31)32-17-19-9-5-2-6-10-19/h1-14,22-24H,15-17,27H2,(H,28,30)(H,29,31)/t22-,23+,24+/m0/s1. The second-order valence-electron chi connectivity index (χ2n) is 8.07. The minimum Gasteiger partial charge on any atom is -0.445 e. The largest absolute Gasteiger partial charge is 0.445 e. The van der Waals surface area contributed by atoms with Gasteiger partial charge in [0.25, 0.3) is 0 Å². The fourth-order valence-corrected chi connectivity index (χ4v) is 3.61. The number of anilines is 1. The maximum absolute atomic E-state index is 13.0. The van der Waals surface area contributed by atoms with Crippen LogP contribution in [0.5, 0.6) is 0 Å². The molecule has 2 amide bonds. The lowest BCUT2D eigenvalue weighted by Crippen LogP contribution is -2.45. The van der Waals surface area contributed by atoms with Crippen molar-refractivity contribution in [2.24, 2.45) is 5.73 Å². The minimum absolute atomic E-state index is 0.136. The number of rotatable bonds is 8. The highest BCUT2D eigenvalue weighted by Crippen LogP contribution is 2.39. The molecule has 0 saturated heterocycles. The molecule has 3 aromatic rings. The van der Waals surface area contributed by atoms with Crippen LogP contribution >= 0.6 is 0 Å². The molecule has 3 atom stereocenters. The van der Waals surface area contributed by atoms with Gasteiger partial charge in [-0.25, -0.2) is 4.79 Å². The van der Waals surface area contributed by atoms with Crippen molar-refractivity contribution in [1.82, 2.24) is 5.32 Å². The van der Waals surface area contributed by atoms with Crippen molar-refractivity contribution in [1.29, 1.82) is 0 Å². The number of carbonyl (C=O) groups excluding carboxylic acids is 2. The lowest BCUT2D eigenvalue weighted by atomic mass is 10.1. The van der Waals surface area contributed by atoms with E-state index in [1.54, 1.807) is 0 Å². The van der Waals surface area contributed by atoms with Crippen molar-refractivity contribution in [3.8, 4) is 0 Å². The highest BCUT2D eigenvalue weighted by molar-refractivity contribution is 5.96. The topological polar surface area (TPSA) is 93.5 Å². The van der Waals surface area contributed by atoms with E-state index < -0.39 is 12.1 Å². The Bertz CT molecular complexity index is 1040. The summed E-state index contributed by atoms with van der Waals surface area (Å²) in [4.78, 5) is 25.4. The van der Waals surface area contributed by atoms with Gasteiger partial charge >= 0.3 is 6.09 Å². The van der Waals surface area contributed by atoms with Gasteiger partial charge in [-0.2, -0.15) is 0 Å². The maximum Gasteiger partial charge on any atom is 0.408 e. The van der Waals surface area contributed by atoms with Crippen molar-refractivity contribution in [3.63, 3.8) is 0 Å². The molecule has 32 heavy (non-hydrogen) atoms. The van der Waals surface area contributed by atoms with E-state index in [0.717, 1.165) is 17.5 Å². The van der Waals surface area contributed by atoms with Crippen LogP contribution in [0.3, 0.4) is 0 Å². The van der Waals surface area contributed by atoms with Gasteiger partial charge in [0.05, 0.1) is 0 Å². The predicted octanol–water partition coefficient (Wildman–Crippen LogP) is 3.98. The predicted molar refractivity (Wildman–Crippen MR) is 124 cm³/mol. The van der Waals surface area contributed by atoms with Gasteiger partial charge in [-0.05, 0) is 35.2 Å². The zero-order chi connectivity index (χ0) is 22.3. The second kappa shape index (κ2) is 10.1. The molecule has 1 fully saturated rings. The Balaban J connectivity index is 1.39. The van der Waals surface area contributed by atoms with Crippen LogP contribution in [-0.4, -0.2) is 24.1 Å². The van der Waals surface area contributed by atoms with Gasteiger partial charge in [0.15, 0.2) is 0 Å². The van der Waals surface area contributed by atoms with Crippen LogP contribution in [0.4, 0.5) is 10.5 Å². The summed E-state index contributed by atoms with van der Waals surface area (Å²) in [5, 5.41) is 5.61. The Morgan fingerprint density at radius 3 is 2.09 bits per heavy atom. The molecule has 1 saturated carbocycles. The number of nitrogens with one attached hydrogen (secondary N) is 2. The van der Waals surface area contributed by atoms with Gasteiger partial charge in [0, 0.05) is 24.1 Å². The first kappa shape index (κ1) is 21.6. The van der Waals surface area contributed by atoms with Gasteiger partial charge < -0.3 is 21.1 Å². The first-order valence-electron chi connectivity index (χ1n) is 10.8. The van der Waals surface area contributed by atoms with Gasteiger partial charge in [-0.15, -0.1) is 0 Å². The number of benzene rings is 3. The Labute approximate surface area is 187 Å². The van der Waals surface area contributed by atoms with E-state index in [-0.39, 0.29) is 18.6 Å². The molecule has 0 bridgehead atoms. The number of hydrogen-bond acceptors (Lipinski definition) is 4. The molecule has 0 aliphatic heterocycles. The summed E-state index contributed by atoms with van der Waals surface area (Å²) < 4.78 is 5.31. The Morgan fingerprint density at radius 1 is 0.906 bits per heavy atom. The van der Waals surface area contributed by atoms with E-state index in [4.69, 9.17) is 10.5 Å². The average Bonchev–Trinajstić information content (AvgIpc) is 3.55. The molecule has 3 aromatic carbocycles. The number of nitrogens with two attached hydrogens (primary N) is 1. The van der Waals surface area contributed by atoms with Gasteiger partial charge in [0.2, 0.25) is 5.91 Å². The minimum atomic E-state index is -0.780. The molecule has 0 spiro atoms. The summed E-state index contributed by atoms with van der Waals surface area (Å²) in [5.74, 6) is 0.105. The molecule has 4 N–H and O–H groups in total. The lowest BCUT2D eigenvalue weighted by molar-refractivity contribution is -0.118. The monoisotopic (exact) mass is 429 g/mol. The molecular weight excluding hydrogens is 402 g/mol. The summed E-state index contributed by atoms with van der Waals surface area (Å²) in [6.45, 7) is 0.136. The van der Waals surface area contributed by atoms with E-state index >= 15 is 0 Å². The fraction of sp³-hybridized carbons (Fsp3) is 0.231. The average molecular weight is 430 g/mol. The van der Waals surface area contributed by atoms with Gasteiger partial charge in [0.1, 0.15) is 12.6 Å². The molecule has 0 heterocycles. The van der Waals surface area contributed by atoms with Crippen LogP contribution in [0.1, 0.15) is 29.0 Å². The van der Waals surface area contributed by atoms with Gasteiger partial charge in [-0.1, -0.05) is 72.8 Å². The summed E-state index contributed by atoms with van der Waals surface area (Å²) in [7, 11) is 0. The van der Waals surface area contributed by atoms with Crippen LogP contribution in [-0.2, 0) is 22.6 Å². The Hall–Kier alpha value is -3.64. The van der Waals surface area contributed by atoms with E-state index in [2.05, 4.69) is 10.6 Å². The molecule has 6 nitrogen and oxygen atoms in total. The van der Waals surface area contributed by atoms with E-state index in [1.165, 1.54) is 5.56 Å². The number of ether oxygens (including phenoxy) is 1. The summed E-state index contributed by atoms with van der Waals surface area (Å²) in [6.07, 6.45) is 0.713. The third kappa shape index (κ3) is 5.95. The van der Waals surface area contributed by atoms with Crippen LogP contribution in [0, 0.1) is 0 Å². The summed E-state index contributed by atoms with van der Waals surface area (Å²) in [6, 6.07) is 26.1. The highest BCUT2D eigenvalue weighted by atomic mass is 16.5. The molecule has 0 aromatic heterocycles. The van der Waals surface area contributed by atoms with Crippen molar-refractivity contribution in [2.75, 3.05) is 5.32 Å². The number of amides is 2. The first-order valence-corrected chi connectivity index (χ1v) is 10.8. The molecule has 0 radical (unpaired) electrons. The third-order valence-electron chi connectivity index (χ3n) is 5.55. The van der Waals surface area contributed by atoms with Crippen LogP contribution in [0.15, 0.2) is 84.9 Å². The molecule has 1 aliphatic carbocycles. The van der Waals surface area contributed by atoms with Crippen molar-refractivity contribution in [2.45, 2.75) is 37.5 Å². The summed E-state index contributed by atoms with van der Waals surface area (Å²) >= 11 is 0. The van der Waals surface area contributed by atoms with E-state index in [1.807, 2.05) is 84.9 Å². The fourth-order valence-electron chi connectivity index (χ4n) is 3.61. The Kier molecular flexibility index (Phi) is 6.82. The molecule has 6 heteroatoms. The zero-order valence-electron chi connectivity index (χ0n) is 17.7. The smallest absolute Gasteiger partial charge is 0.408 e. The number of hydrogen-bond donors (Lipinski definition) is 3. The SMILES string of the molecule is N[C@@H]1C[C@H]1c1ccc(NC(=O)[C@@H](Cc2ccccc2)NC(=O)OCc2ccccc2)cc1. The van der Waals surface area contributed by atoms with Crippen LogP contribution < -0.4 is 16.4 Å². The molecule has 1 aliphatic rings. The maximum atomic E-state index is 13.0. The second-order valence-corrected chi connectivity index (χ2v) is 8.07. The zero-order valence-corrected chi connectivity index (χ0v) is 17.7. The van der Waals surface area contributed by atoms with Crippen molar-refractivity contribution >= 4 is 17.7 Å². The molecular formula is C26H27N3O3. The van der Waals surface area contributed by atoms with Gasteiger partial charge in [-0.3, -0.25) is 4.79 Å². The van der Waals surface area contributed by atoms with E-state index in [0.29, 0.717) is 18.0 Å². The third-order valence-corrected chi connectivity index (χ3v) is 5.55. The number of carbonyl (C=O) groups is 2. The van der Waals surface area contributed by atoms with Crippen LogP contribution in [0.2, 0.25) is 0 Å². The van der Waals surface area contributed by atoms with Crippen LogP contribution in [0.25, 0.3) is 0 Å². The number of alkyl carbamates (subject to hydrolysis) is 1. The molecule has 164 valence electrons. The quantitative estimate of drug-likeness (QED) is 0.505. The molecule has 0 unspecified atom stereocenters. The Morgan fingerprint density at radius 2 is 1.50 bits per heavy atom.